The number of hydrogen-bond acceptors (Lipinski definition) is 5. The zero-order chi connectivity index (χ0) is 12.0. The van der Waals surface area contributed by atoms with Gasteiger partial charge in [0.15, 0.2) is 0 Å². The summed E-state index contributed by atoms with van der Waals surface area (Å²) in [6.45, 7) is 2.36. The third kappa shape index (κ3) is 4.73. The Labute approximate surface area is 95.3 Å². The van der Waals surface area contributed by atoms with E-state index in [2.05, 4.69) is 9.71 Å². The first-order chi connectivity index (χ1) is 7.53. The molecule has 0 aromatic carbocycles. The van der Waals surface area contributed by atoms with E-state index in [1.165, 1.54) is 0 Å². The molecule has 1 aromatic heterocycles. The lowest BCUT2D eigenvalue weighted by Crippen LogP contribution is -2.26. The molecule has 1 aromatic rings. The van der Waals surface area contributed by atoms with Crippen molar-refractivity contribution in [2.24, 2.45) is 5.73 Å². The molecule has 0 saturated carbocycles. The summed E-state index contributed by atoms with van der Waals surface area (Å²) in [6, 6.07) is 0. The number of hydrogen-bond donors (Lipinski definition) is 2. The molecule has 6 nitrogen and oxygen atoms in total. The Balaban J connectivity index is 2.36. The number of rotatable bonds is 7. The summed E-state index contributed by atoms with van der Waals surface area (Å²) in [5.74, 6) is 1.13. The number of sulfonamides is 1. The molecule has 0 bridgehead atoms. The first kappa shape index (κ1) is 13.1. The summed E-state index contributed by atoms with van der Waals surface area (Å²) >= 11 is 0. The maximum atomic E-state index is 11.5. The van der Waals surface area contributed by atoms with Gasteiger partial charge in [0.25, 0.3) is 0 Å². The van der Waals surface area contributed by atoms with Gasteiger partial charge in [-0.25, -0.2) is 18.1 Å². The van der Waals surface area contributed by atoms with E-state index < -0.39 is 10.0 Å². The quantitative estimate of drug-likeness (QED) is 0.668. The fourth-order valence-electron chi connectivity index (χ4n) is 1.16. The van der Waals surface area contributed by atoms with Crippen LogP contribution >= 0.6 is 0 Å². The minimum atomic E-state index is -3.25. The molecule has 0 aliphatic heterocycles. The van der Waals surface area contributed by atoms with Crippen molar-refractivity contribution in [2.75, 3.05) is 12.3 Å². The second-order valence-electron chi connectivity index (χ2n) is 3.50. The summed E-state index contributed by atoms with van der Waals surface area (Å²) in [7, 11) is -3.25. The smallest absolute Gasteiger partial charge is 0.212 e. The number of nitrogens with one attached hydrogen (secondary N) is 1. The third-order valence-corrected chi connectivity index (χ3v) is 3.39. The van der Waals surface area contributed by atoms with Crippen molar-refractivity contribution in [3.8, 4) is 0 Å². The van der Waals surface area contributed by atoms with Gasteiger partial charge >= 0.3 is 0 Å². The van der Waals surface area contributed by atoms with Gasteiger partial charge in [-0.05, 0) is 26.3 Å². The van der Waals surface area contributed by atoms with Crippen molar-refractivity contribution in [2.45, 2.75) is 26.3 Å². The van der Waals surface area contributed by atoms with Gasteiger partial charge in [-0.3, -0.25) is 0 Å². The van der Waals surface area contributed by atoms with Crippen LogP contribution in [0.2, 0.25) is 0 Å². The molecule has 7 heteroatoms. The standard InChI is InChI=1S/C9H17N3O3S/c1-8-6-11-9(15-8)7-12-16(13,14)5-3-2-4-10/h6,12H,2-5,7,10H2,1H3. The molecule has 0 aliphatic carbocycles. The molecule has 0 radical (unpaired) electrons. The lowest BCUT2D eigenvalue weighted by molar-refractivity contribution is 0.463. The maximum absolute atomic E-state index is 11.5. The highest BCUT2D eigenvalue weighted by Crippen LogP contribution is 2.02. The molecule has 0 unspecified atom stereocenters. The first-order valence-corrected chi connectivity index (χ1v) is 6.77. The largest absolute Gasteiger partial charge is 0.445 e. The van der Waals surface area contributed by atoms with Crippen molar-refractivity contribution >= 4 is 10.0 Å². The highest BCUT2D eigenvalue weighted by molar-refractivity contribution is 7.89. The van der Waals surface area contributed by atoms with E-state index in [1.54, 1.807) is 13.1 Å². The fraction of sp³-hybridized carbons (Fsp3) is 0.667. The van der Waals surface area contributed by atoms with E-state index in [9.17, 15) is 8.42 Å². The number of aryl methyl sites for hydroxylation is 1. The number of nitrogens with two attached hydrogens (primary N) is 1. The summed E-state index contributed by atoms with van der Waals surface area (Å²) in [6.07, 6.45) is 2.83. The van der Waals surface area contributed by atoms with E-state index in [4.69, 9.17) is 10.2 Å². The zero-order valence-electron chi connectivity index (χ0n) is 9.27. The molecular weight excluding hydrogens is 230 g/mol. The van der Waals surface area contributed by atoms with Gasteiger partial charge in [0.05, 0.1) is 18.5 Å². The number of nitrogens with zero attached hydrogens (tertiary/aromatic N) is 1. The molecular formula is C9H17N3O3S. The SMILES string of the molecule is Cc1cnc(CNS(=O)(=O)CCCCN)o1. The summed E-state index contributed by atoms with van der Waals surface area (Å²) in [5, 5.41) is 0. The summed E-state index contributed by atoms with van der Waals surface area (Å²) < 4.78 is 30.5. The molecule has 0 atom stereocenters. The van der Waals surface area contributed by atoms with Crippen molar-refractivity contribution in [3.63, 3.8) is 0 Å². The minimum Gasteiger partial charge on any atom is -0.445 e. The summed E-state index contributed by atoms with van der Waals surface area (Å²) in [4.78, 5) is 3.90. The second kappa shape index (κ2) is 5.97. The molecule has 16 heavy (non-hydrogen) atoms. The lowest BCUT2D eigenvalue weighted by Gasteiger charge is -2.03. The number of aromatic nitrogens is 1. The van der Waals surface area contributed by atoms with Crippen LogP contribution in [-0.2, 0) is 16.6 Å². The average molecular weight is 247 g/mol. The van der Waals surface area contributed by atoms with Gasteiger partial charge in [0.2, 0.25) is 15.9 Å². The highest BCUT2D eigenvalue weighted by Gasteiger charge is 2.10. The van der Waals surface area contributed by atoms with Crippen LogP contribution in [0.1, 0.15) is 24.5 Å². The van der Waals surface area contributed by atoms with E-state index in [0.717, 1.165) is 0 Å². The van der Waals surface area contributed by atoms with Gasteiger partial charge in [-0.2, -0.15) is 0 Å². The number of unbranched alkanes of at least 4 members (excludes halogenated alkanes) is 1. The van der Waals surface area contributed by atoms with Gasteiger partial charge in [-0.1, -0.05) is 0 Å². The van der Waals surface area contributed by atoms with Crippen molar-refractivity contribution < 1.29 is 12.8 Å². The molecule has 0 aliphatic rings. The molecule has 1 rings (SSSR count). The van der Waals surface area contributed by atoms with Crippen molar-refractivity contribution in [3.05, 3.63) is 17.8 Å². The molecule has 92 valence electrons. The highest BCUT2D eigenvalue weighted by atomic mass is 32.2. The van der Waals surface area contributed by atoms with Crippen LogP contribution in [0.25, 0.3) is 0 Å². The lowest BCUT2D eigenvalue weighted by atomic mass is 10.3. The van der Waals surface area contributed by atoms with Crippen LogP contribution in [0.3, 0.4) is 0 Å². The van der Waals surface area contributed by atoms with Crippen LogP contribution in [0, 0.1) is 6.92 Å². The Morgan fingerprint density at radius 2 is 2.25 bits per heavy atom. The monoisotopic (exact) mass is 247 g/mol. The fourth-order valence-corrected chi connectivity index (χ4v) is 2.24. The van der Waals surface area contributed by atoms with E-state index in [-0.39, 0.29) is 12.3 Å². The Morgan fingerprint density at radius 3 is 2.81 bits per heavy atom. The molecule has 0 fully saturated rings. The van der Waals surface area contributed by atoms with Gasteiger partial charge in [0, 0.05) is 0 Å². The summed E-state index contributed by atoms with van der Waals surface area (Å²) in [5.41, 5.74) is 5.29. The van der Waals surface area contributed by atoms with E-state index >= 15 is 0 Å². The predicted octanol–water partition coefficient (Wildman–Crippen LogP) is 0.141. The molecule has 0 spiro atoms. The van der Waals surface area contributed by atoms with Crippen LogP contribution in [0.15, 0.2) is 10.6 Å². The molecule has 3 N–H and O–H groups in total. The average Bonchev–Trinajstić information content (AvgIpc) is 2.62. The second-order valence-corrected chi connectivity index (χ2v) is 5.43. The van der Waals surface area contributed by atoms with Crippen LogP contribution < -0.4 is 10.5 Å². The molecule has 0 saturated heterocycles. The maximum Gasteiger partial charge on any atom is 0.212 e. The Kier molecular flexibility index (Phi) is 4.91. The third-order valence-electron chi connectivity index (χ3n) is 1.98. The van der Waals surface area contributed by atoms with Crippen molar-refractivity contribution in [1.29, 1.82) is 0 Å². The Hall–Kier alpha value is -0.920. The molecule has 1 heterocycles. The van der Waals surface area contributed by atoms with Crippen LogP contribution in [0.5, 0.6) is 0 Å². The van der Waals surface area contributed by atoms with Gasteiger partial charge in [-0.15, -0.1) is 0 Å². The van der Waals surface area contributed by atoms with Crippen molar-refractivity contribution in [1.82, 2.24) is 9.71 Å². The molecule has 0 amide bonds. The Morgan fingerprint density at radius 1 is 1.50 bits per heavy atom. The van der Waals surface area contributed by atoms with Crippen LogP contribution in [-0.4, -0.2) is 25.7 Å². The predicted molar refractivity (Wildman–Crippen MR) is 60.2 cm³/mol. The number of oxazole rings is 1. The van der Waals surface area contributed by atoms with E-state index in [0.29, 0.717) is 31.0 Å². The topological polar surface area (TPSA) is 98.2 Å². The Bertz CT molecular complexity index is 413. The first-order valence-electron chi connectivity index (χ1n) is 5.12. The zero-order valence-corrected chi connectivity index (χ0v) is 10.1. The minimum absolute atomic E-state index is 0.0872. The normalized spacial score (nSPS) is 11.9. The van der Waals surface area contributed by atoms with Gasteiger partial charge < -0.3 is 10.2 Å². The van der Waals surface area contributed by atoms with E-state index in [1.807, 2.05) is 0 Å². The van der Waals surface area contributed by atoms with Gasteiger partial charge in [0.1, 0.15) is 5.76 Å². The van der Waals surface area contributed by atoms with Crippen LogP contribution in [0.4, 0.5) is 0 Å².